The van der Waals surface area contributed by atoms with Crippen LogP contribution < -0.4 is 5.32 Å². The van der Waals surface area contributed by atoms with Gasteiger partial charge in [-0.25, -0.2) is 0 Å². The van der Waals surface area contributed by atoms with Crippen molar-refractivity contribution in [2.75, 3.05) is 19.7 Å². The Kier molecular flexibility index (Phi) is 6.58. The summed E-state index contributed by atoms with van der Waals surface area (Å²) in [5, 5.41) is 8.94. The van der Waals surface area contributed by atoms with Crippen molar-refractivity contribution in [3.05, 3.63) is 22.4 Å². The Morgan fingerprint density at radius 3 is 2.60 bits per heavy atom. The number of hydrogen-bond donors (Lipinski definition) is 1. The van der Waals surface area contributed by atoms with Crippen LogP contribution in [-0.4, -0.2) is 42.1 Å². The topological polar surface area (TPSA) is 71.0 Å². The lowest BCUT2D eigenvalue weighted by Crippen LogP contribution is -2.44. The number of rotatable bonds is 5. The van der Waals surface area contributed by atoms with Gasteiger partial charge >= 0.3 is 0 Å². The number of thiophene rings is 1. The minimum Gasteiger partial charge on any atom is -0.386 e. The molecule has 1 atom stereocenters. The molecule has 1 unspecified atom stereocenters. The van der Waals surface area contributed by atoms with Crippen LogP contribution in [0, 0.1) is 5.41 Å². The predicted molar refractivity (Wildman–Crippen MR) is 99.5 cm³/mol. The Morgan fingerprint density at radius 1 is 1.36 bits per heavy atom. The Hall–Kier alpha value is -1.89. The molecule has 2 heterocycles. The molecule has 1 fully saturated rings. The van der Waals surface area contributed by atoms with Gasteiger partial charge in [-0.3, -0.25) is 9.59 Å². The van der Waals surface area contributed by atoms with E-state index in [1.54, 1.807) is 11.3 Å². The fourth-order valence-electron chi connectivity index (χ4n) is 2.61. The van der Waals surface area contributed by atoms with E-state index >= 15 is 0 Å². The zero-order valence-electron chi connectivity index (χ0n) is 15.4. The summed E-state index contributed by atoms with van der Waals surface area (Å²) in [7, 11) is 0. The van der Waals surface area contributed by atoms with Gasteiger partial charge in [0, 0.05) is 36.2 Å². The summed E-state index contributed by atoms with van der Waals surface area (Å²) < 4.78 is 0. The van der Waals surface area contributed by atoms with Gasteiger partial charge in [-0.05, 0) is 18.4 Å². The highest BCUT2D eigenvalue weighted by atomic mass is 32.1. The highest BCUT2D eigenvalue weighted by Crippen LogP contribution is 2.20. The maximum atomic E-state index is 12.2. The summed E-state index contributed by atoms with van der Waals surface area (Å²) in [6.45, 7) is 8.94. The standard InChI is InChI=1S/C18H27N3O3S/c1-13(15-6-5-11-25-15)19-16(22)12-24-20-14-7-9-21(10-8-14)17(23)18(2,3)4/h5-6,11,13H,7-10,12H2,1-4H3,(H,19,22). The van der Waals surface area contributed by atoms with Crippen molar-refractivity contribution in [2.24, 2.45) is 10.6 Å². The van der Waals surface area contributed by atoms with E-state index in [1.165, 1.54) is 0 Å². The maximum absolute atomic E-state index is 12.2. The SMILES string of the molecule is CC(NC(=O)CON=C1CCN(C(=O)C(C)(C)C)CC1)c1cccs1. The molecule has 1 aromatic rings. The van der Waals surface area contributed by atoms with Crippen LogP contribution in [-0.2, 0) is 14.4 Å². The molecule has 0 bridgehead atoms. The Balaban J connectivity index is 1.71. The summed E-state index contributed by atoms with van der Waals surface area (Å²) in [6, 6.07) is 3.92. The van der Waals surface area contributed by atoms with Crippen LogP contribution in [0.4, 0.5) is 0 Å². The van der Waals surface area contributed by atoms with Crippen LogP contribution in [0.3, 0.4) is 0 Å². The van der Waals surface area contributed by atoms with Gasteiger partial charge in [-0.1, -0.05) is 32.0 Å². The fraction of sp³-hybridized carbons (Fsp3) is 0.611. The lowest BCUT2D eigenvalue weighted by Gasteiger charge is -2.32. The van der Waals surface area contributed by atoms with E-state index < -0.39 is 0 Å². The summed E-state index contributed by atoms with van der Waals surface area (Å²) in [5.74, 6) is -0.0278. The van der Waals surface area contributed by atoms with Gasteiger partial charge in [0.25, 0.3) is 5.91 Å². The number of oxime groups is 1. The molecular weight excluding hydrogens is 338 g/mol. The van der Waals surface area contributed by atoms with E-state index in [-0.39, 0.29) is 29.9 Å². The zero-order chi connectivity index (χ0) is 18.4. The van der Waals surface area contributed by atoms with Gasteiger partial charge in [-0.2, -0.15) is 0 Å². The van der Waals surface area contributed by atoms with Crippen molar-refractivity contribution in [3.8, 4) is 0 Å². The van der Waals surface area contributed by atoms with Gasteiger partial charge in [0.2, 0.25) is 5.91 Å². The average Bonchev–Trinajstić information content (AvgIpc) is 3.08. The number of amides is 2. The summed E-state index contributed by atoms with van der Waals surface area (Å²) in [6.07, 6.45) is 1.38. The van der Waals surface area contributed by atoms with Gasteiger partial charge < -0.3 is 15.1 Å². The van der Waals surface area contributed by atoms with Gasteiger partial charge in [0.15, 0.2) is 6.61 Å². The Labute approximate surface area is 153 Å². The van der Waals surface area contributed by atoms with E-state index in [0.29, 0.717) is 25.9 Å². The molecule has 2 amide bonds. The molecule has 1 aromatic heterocycles. The van der Waals surface area contributed by atoms with E-state index in [0.717, 1.165) is 10.6 Å². The van der Waals surface area contributed by atoms with Gasteiger partial charge in [0.1, 0.15) is 0 Å². The van der Waals surface area contributed by atoms with E-state index in [2.05, 4.69) is 10.5 Å². The number of carbonyl (C=O) groups excluding carboxylic acids is 2. The molecule has 0 aromatic carbocycles. The van der Waals surface area contributed by atoms with Crippen LogP contribution in [0.25, 0.3) is 0 Å². The van der Waals surface area contributed by atoms with Crippen LogP contribution >= 0.6 is 11.3 Å². The molecule has 1 saturated heterocycles. The molecule has 1 aliphatic heterocycles. The number of likely N-dealkylation sites (tertiary alicyclic amines) is 1. The molecule has 1 aliphatic rings. The average molecular weight is 365 g/mol. The van der Waals surface area contributed by atoms with E-state index in [9.17, 15) is 9.59 Å². The number of piperidine rings is 1. The van der Waals surface area contributed by atoms with Crippen molar-refractivity contribution >= 4 is 28.9 Å². The zero-order valence-corrected chi connectivity index (χ0v) is 16.2. The van der Waals surface area contributed by atoms with Crippen LogP contribution in [0.5, 0.6) is 0 Å². The van der Waals surface area contributed by atoms with Crippen molar-refractivity contribution in [2.45, 2.75) is 46.6 Å². The second-order valence-corrected chi connectivity index (χ2v) is 8.26. The Morgan fingerprint density at radius 2 is 2.04 bits per heavy atom. The second kappa shape index (κ2) is 8.47. The first-order valence-corrected chi connectivity index (χ1v) is 9.45. The third-order valence-electron chi connectivity index (χ3n) is 4.01. The third-order valence-corrected chi connectivity index (χ3v) is 5.06. The highest BCUT2D eigenvalue weighted by molar-refractivity contribution is 7.10. The third kappa shape index (κ3) is 5.85. The van der Waals surface area contributed by atoms with E-state index in [1.807, 2.05) is 50.1 Å². The van der Waals surface area contributed by atoms with Gasteiger partial charge in [-0.15, -0.1) is 11.3 Å². The lowest BCUT2D eigenvalue weighted by molar-refractivity contribution is -0.139. The number of carbonyl (C=O) groups is 2. The summed E-state index contributed by atoms with van der Waals surface area (Å²) in [5.41, 5.74) is 0.541. The molecular formula is C18H27N3O3S. The molecule has 1 N–H and O–H groups in total. The second-order valence-electron chi connectivity index (χ2n) is 7.28. The van der Waals surface area contributed by atoms with Crippen molar-refractivity contribution in [1.82, 2.24) is 10.2 Å². The molecule has 25 heavy (non-hydrogen) atoms. The van der Waals surface area contributed by atoms with Crippen LogP contribution in [0.1, 0.15) is 51.5 Å². The molecule has 0 spiro atoms. The normalized spacial score (nSPS) is 16.3. The first-order chi connectivity index (χ1) is 11.8. The molecule has 0 aliphatic carbocycles. The molecule has 6 nitrogen and oxygen atoms in total. The minimum atomic E-state index is -0.359. The summed E-state index contributed by atoms with van der Waals surface area (Å²) >= 11 is 1.61. The first kappa shape index (κ1) is 19.4. The lowest BCUT2D eigenvalue weighted by atomic mass is 9.93. The van der Waals surface area contributed by atoms with Crippen molar-refractivity contribution in [3.63, 3.8) is 0 Å². The predicted octanol–water partition coefficient (Wildman–Crippen LogP) is 2.97. The molecule has 2 rings (SSSR count). The van der Waals surface area contributed by atoms with Crippen LogP contribution in [0.2, 0.25) is 0 Å². The van der Waals surface area contributed by atoms with Crippen LogP contribution in [0.15, 0.2) is 22.7 Å². The largest absolute Gasteiger partial charge is 0.386 e. The summed E-state index contributed by atoms with van der Waals surface area (Å²) in [4.78, 5) is 32.3. The highest BCUT2D eigenvalue weighted by Gasteiger charge is 2.29. The number of hydrogen-bond acceptors (Lipinski definition) is 5. The number of nitrogens with one attached hydrogen (secondary N) is 1. The fourth-order valence-corrected chi connectivity index (χ4v) is 3.34. The van der Waals surface area contributed by atoms with Crippen molar-refractivity contribution < 1.29 is 14.4 Å². The van der Waals surface area contributed by atoms with E-state index in [4.69, 9.17) is 4.84 Å². The Bertz CT molecular complexity index is 610. The van der Waals surface area contributed by atoms with Crippen molar-refractivity contribution in [1.29, 1.82) is 0 Å². The minimum absolute atomic E-state index is 0.0320. The monoisotopic (exact) mass is 365 g/mol. The molecule has 7 heteroatoms. The molecule has 0 radical (unpaired) electrons. The first-order valence-electron chi connectivity index (χ1n) is 8.57. The number of nitrogens with zero attached hydrogens (tertiary/aromatic N) is 2. The molecule has 0 saturated carbocycles. The maximum Gasteiger partial charge on any atom is 0.261 e. The quantitative estimate of drug-likeness (QED) is 0.816. The van der Waals surface area contributed by atoms with Gasteiger partial charge in [0.05, 0.1) is 11.8 Å². The smallest absolute Gasteiger partial charge is 0.261 e. The molecule has 138 valence electrons.